The zero-order valence-corrected chi connectivity index (χ0v) is 18.0. The SMILES string of the molecule is OCCCCCCOc1ccc(/C=C/c2ccc(OCCCCCCO)cc2)cc1. The summed E-state index contributed by atoms with van der Waals surface area (Å²) in [6.07, 6.45) is 12.3. The summed E-state index contributed by atoms with van der Waals surface area (Å²) in [5.41, 5.74) is 2.27. The van der Waals surface area contributed by atoms with Gasteiger partial charge in [0.2, 0.25) is 0 Å². The molecule has 164 valence electrons. The molecule has 0 atom stereocenters. The molecule has 0 saturated heterocycles. The summed E-state index contributed by atoms with van der Waals surface area (Å²) in [4.78, 5) is 0. The summed E-state index contributed by atoms with van der Waals surface area (Å²) < 4.78 is 11.5. The van der Waals surface area contributed by atoms with Crippen molar-refractivity contribution >= 4 is 12.2 Å². The zero-order valence-electron chi connectivity index (χ0n) is 18.0. The maximum atomic E-state index is 8.77. The molecule has 0 saturated carbocycles. The molecule has 4 nitrogen and oxygen atoms in total. The van der Waals surface area contributed by atoms with Gasteiger partial charge < -0.3 is 19.7 Å². The van der Waals surface area contributed by atoms with Gasteiger partial charge in [-0.15, -0.1) is 0 Å². The monoisotopic (exact) mass is 412 g/mol. The first-order chi connectivity index (χ1) is 14.8. The molecule has 2 aromatic rings. The van der Waals surface area contributed by atoms with Gasteiger partial charge in [0.25, 0.3) is 0 Å². The highest BCUT2D eigenvalue weighted by molar-refractivity contribution is 5.70. The van der Waals surface area contributed by atoms with Crippen LogP contribution in [-0.2, 0) is 0 Å². The average Bonchev–Trinajstić information content (AvgIpc) is 2.79. The first-order valence-electron chi connectivity index (χ1n) is 11.2. The normalized spacial score (nSPS) is 11.1. The lowest BCUT2D eigenvalue weighted by Gasteiger charge is -2.07. The molecule has 0 spiro atoms. The highest BCUT2D eigenvalue weighted by Crippen LogP contribution is 2.17. The average molecular weight is 413 g/mol. The molecule has 2 aromatic carbocycles. The number of benzene rings is 2. The van der Waals surface area contributed by atoms with E-state index in [9.17, 15) is 0 Å². The van der Waals surface area contributed by atoms with E-state index in [-0.39, 0.29) is 13.2 Å². The molecule has 0 aliphatic heterocycles. The van der Waals surface area contributed by atoms with Crippen LogP contribution >= 0.6 is 0 Å². The van der Waals surface area contributed by atoms with E-state index in [0.29, 0.717) is 0 Å². The molecular weight excluding hydrogens is 376 g/mol. The molecule has 0 aromatic heterocycles. The number of aliphatic hydroxyl groups is 2. The highest BCUT2D eigenvalue weighted by Gasteiger charge is 1.97. The Morgan fingerprint density at radius 2 is 0.867 bits per heavy atom. The Hall–Kier alpha value is -2.30. The molecule has 2 rings (SSSR count). The molecule has 0 radical (unpaired) electrons. The summed E-state index contributed by atoms with van der Waals surface area (Å²) >= 11 is 0. The Balaban J connectivity index is 1.68. The lowest BCUT2D eigenvalue weighted by Crippen LogP contribution is -1.97. The van der Waals surface area contributed by atoms with Crippen LogP contribution in [0.15, 0.2) is 48.5 Å². The number of rotatable bonds is 16. The molecule has 0 bridgehead atoms. The van der Waals surface area contributed by atoms with Gasteiger partial charge in [-0.2, -0.15) is 0 Å². The van der Waals surface area contributed by atoms with E-state index in [0.717, 1.165) is 87.2 Å². The van der Waals surface area contributed by atoms with E-state index >= 15 is 0 Å². The number of aliphatic hydroxyl groups excluding tert-OH is 2. The van der Waals surface area contributed by atoms with Crippen molar-refractivity contribution in [2.75, 3.05) is 26.4 Å². The van der Waals surface area contributed by atoms with Crippen LogP contribution in [0.4, 0.5) is 0 Å². The van der Waals surface area contributed by atoms with Gasteiger partial charge >= 0.3 is 0 Å². The van der Waals surface area contributed by atoms with E-state index in [4.69, 9.17) is 19.7 Å². The quantitative estimate of drug-likeness (QED) is 0.273. The number of hydrogen-bond acceptors (Lipinski definition) is 4. The van der Waals surface area contributed by atoms with E-state index in [1.54, 1.807) is 0 Å². The molecule has 0 unspecified atom stereocenters. The van der Waals surface area contributed by atoms with Gasteiger partial charge in [0.05, 0.1) is 13.2 Å². The Morgan fingerprint density at radius 3 is 1.23 bits per heavy atom. The maximum absolute atomic E-state index is 8.77. The van der Waals surface area contributed by atoms with Crippen LogP contribution in [-0.4, -0.2) is 36.6 Å². The summed E-state index contributed by atoms with van der Waals surface area (Å²) in [5.74, 6) is 1.79. The zero-order chi connectivity index (χ0) is 21.3. The van der Waals surface area contributed by atoms with Crippen LogP contribution in [0, 0.1) is 0 Å². The number of unbranched alkanes of at least 4 members (excludes halogenated alkanes) is 6. The van der Waals surface area contributed by atoms with Crippen LogP contribution in [0.5, 0.6) is 11.5 Å². The van der Waals surface area contributed by atoms with Gasteiger partial charge in [-0.3, -0.25) is 0 Å². The smallest absolute Gasteiger partial charge is 0.119 e. The van der Waals surface area contributed by atoms with E-state index < -0.39 is 0 Å². The predicted molar refractivity (Wildman–Crippen MR) is 124 cm³/mol. The fourth-order valence-corrected chi connectivity index (χ4v) is 3.06. The van der Waals surface area contributed by atoms with Crippen molar-refractivity contribution in [2.45, 2.75) is 51.4 Å². The molecule has 0 aliphatic rings. The third-order valence-electron chi connectivity index (χ3n) is 4.87. The Labute approximate surface area is 181 Å². The number of ether oxygens (including phenoxy) is 2. The van der Waals surface area contributed by atoms with E-state index in [1.165, 1.54) is 0 Å². The Morgan fingerprint density at radius 1 is 0.500 bits per heavy atom. The van der Waals surface area contributed by atoms with Gasteiger partial charge in [0.15, 0.2) is 0 Å². The van der Waals surface area contributed by atoms with Crippen LogP contribution in [0.1, 0.15) is 62.5 Å². The van der Waals surface area contributed by atoms with Crippen molar-refractivity contribution in [1.82, 2.24) is 0 Å². The fourth-order valence-electron chi connectivity index (χ4n) is 3.06. The highest BCUT2D eigenvalue weighted by atomic mass is 16.5. The second-order valence-electron chi connectivity index (χ2n) is 7.44. The Bertz CT molecular complexity index is 630. The molecule has 30 heavy (non-hydrogen) atoms. The Kier molecular flexibility index (Phi) is 12.4. The van der Waals surface area contributed by atoms with Crippen LogP contribution in [0.3, 0.4) is 0 Å². The van der Waals surface area contributed by atoms with Crippen molar-refractivity contribution in [1.29, 1.82) is 0 Å². The minimum atomic E-state index is 0.278. The van der Waals surface area contributed by atoms with Crippen LogP contribution < -0.4 is 9.47 Å². The topological polar surface area (TPSA) is 58.9 Å². The van der Waals surface area contributed by atoms with Crippen molar-refractivity contribution in [2.24, 2.45) is 0 Å². The molecular formula is C26H36O4. The summed E-state index contributed by atoms with van der Waals surface area (Å²) in [6, 6.07) is 16.3. The van der Waals surface area contributed by atoms with Crippen molar-refractivity contribution in [3.63, 3.8) is 0 Å². The van der Waals surface area contributed by atoms with Gasteiger partial charge in [0, 0.05) is 13.2 Å². The van der Waals surface area contributed by atoms with Gasteiger partial charge in [-0.25, -0.2) is 0 Å². The predicted octanol–water partition coefficient (Wildman–Crippen LogP) is 5.72. The van der Waals surface area contributed by atoms with Crippen LogP contribution in [0.2, 0.25) is 0 Å². The second kappa shape index (κ2) is 15.5. The minimum absolute atomic E-state index is 0.278. The molecule has 0 heterocycles. The lowest BCUT2D eigenvalue weighted by atomic mass is 10.1. The largest absolute Gasteiger partial charge is 0.494 e. The first-order valence-corrected chi connectivity index (χ1v) is 11.2. The van der Waals surface area contributed by atoms with Crippen molar-refractivity contribution < 1.29 is 19.7 Å². The molecule has 0 amide bonds. The number of hydrogen-bond donors (Lipinski definition) is 2. The lowest BCUT2D eigenvalue weighted by molar-refractivity contribution is 0.273. The summed E-state index contributed by atoms with van der Waals surface area (Å²) in [7, 11) is 0. The van der Waals surface area contributed by atoms with Gasteiger partial charge in [0.1, 0.15) is 11.5 Å². The minimum Gasteiger partial charge on any atom is -0.494 e. The standard InChI is InChI=1S/C26H36O4/c27-19-5-1-3-7-21-29-25-15-11-23(12-16-25)9-10-24-13-17-26(18-14-24)30-22-8-4-2-6-20-28/h9-18,27-28H,1-8,19-22H2/b10-9+. The summed E-state index contributed by atoms with van der Waals surface area (Å²) in [6.45, 7) is 2.00. The van der Waals surface area contributed by atoms with Crippen molar-refractivity contribution in [3.8, 4) is 11.5 Å². The molecule has 0 fully saturated rings. The van der Waals surface area contributed by atoms with Gasteiger partial charge in [-0.1, -0.05) is 49.3 Å². The van der Waals surface area contributed by atoms with E-state index in [2.05, 4.69) is 36.4 Å². The molecule has 4 heteroatoms. The van der Waals surface area contributed by atoms with E-state index in [1.807, 2.05) is 24.3 Å². The van der Waals surface area contributed by atoms with Gasteiger partial charge in [-0.05, 0) is 73.9 Å². The first kappa shape index (κ1) is 24.0. The maximum Gasteiger partial charge on any atom is 0.119 e. The second-order valence-corrected chi connectivity index (χ2v) is 7.44. The molecule has 0 aliphatic carbocycles. The third-order valence-corrected chi connectivity index (χ3v) is 4.87. The van der Waals surface area contributed by atoms with Crippen molar-refractivity contribution in [3.05, 3.63) is 59.7 Å². The van der Waals surface area contributed by atoms with Crippen LogP contribution in [0.25, 0.3) is 12.2 Å². The molecule has 2 N–H and O–H groups in total. The fraction of sp³-hybridized carbons (Fsp3) is 0.462. The third kappa shape index (κ3) is 10.5. The summed E-state index contributed by atoms with van der Waals surface area (Å²) in [5, 5.41) is 17.5.